The number of rotatable bonds is 8. The highest BCUT2D eigenvalue weighted by Gasteiger charge is 2.13. The highest BCUT2D eigenvalue weighted by atomic mass is 19.1. The molecule has 25 heavy (non-hydrogen) atoms. The fraction of sp³-hybridized carbons (Fsp3) is 0.350. The number of halogens is 1. The van der Waals surface area contributed by atoms with Gasteiger partial charge in [0.25, 0.3) is 0 Å². The quantitative estimate of drug-likeness (QED) is 0.800. The number of ether oxygens (including phenoxy) is 1. The van der Waals surface area contributed by atoms with Crippen molar-refractivity contribution in [2.45, 2.75) is 32.7 Å². The first-order valence-corrected chi connectivity index (χ1v) is 8.31. The Hall–Kier alpha value is -2.24. The van der Waals surface area contributed by atoms with Crippen molar-refractivity contribution in [3.63, 3.8) is 0 Å². The number of nitrogens with zero attached hydrogens (tertiary/aromatic N) is 1. The van der Waals surface area contributed by atoms with E-state index >= 15 is 0 Å². The second kappa shape index (κ2) is 9.30. The smallest absolute Gasteiger partial charge is 0.249 e. The highest BCUT2D eigenvalue weighted by Crippen LogP contribution is 2.12. The Bertz CT molecular complexity index is 689. The van der Waals surface area contributed by atoms with Crippen molar-refractivity contribution < 1.29 is 13.9 Å². The van der Waals surface area contributed by atoms with E-state index in [4.69, 9.17) is 4.74 Å². The molecule has 0 saturated heterocycles. The van der Waals surface area contributed by atoms with Crippen molar-refractivity contribution in [2.75, 3.05) is 14.1 Å². The molecule has 0 aromatic heterocycles. The van der Waals surface area contributed by atoms with Crippen molar-refractivity contribution >= 4 is 5.91 Å². The summed E-state index contributed by atoms with van der Waals surface area (Å²) >= 11 is 0. The predicted molar refractivity (Wildman–Crippen MR) is 96.3 cm³/mol. The molecule has 134 valence electrons. The van der Waals surface area contributed by atoms with Gasteiger partial charge in [-0.3, -0.25) is 4.79 Å². The van der Waals surface area contributed by atoms with Gasteiger partial charge in [-0.05, 0) is 44.3 Å². The van der Waals surface area contributed by atoms with Crippen LogP contribution in [0.5, 0.6) is 0 Å². The molecule has 0 saturated carbocycles. The minimum Gasteiger partial charge on any atom is -0.364 e. The molecule has 0 unspecified atom stereocenters. The minimum atomic E-state index is -0.554. The predicted octanol–water partition coefficient (Wildman–Crippen LogP) is 3.11. The Kier molecular flexibility index (Phi) is 7.10. The van der Waals surface area contributed by atoms with Crippen LogP contribution in [-0.2, 0) is 29.2 Å². The zero-order valence-electron chi connectivity index (χ0n) is 15.0. The van der Waals surface area contributed by atoms with Gasteiger partial charge in [0.2, 0.25) is 5.91 Å². The largest absolute Gasteiger partial charge is 0.364 e. The molecule has 2 aromatic carbocycles. The lowest BCUT2D eigenvalue weighted by Crippen LogP contribution is -2.34. The lowest BCUT2D eigenvalue weighted by atomic mass is 10.1. The zero-order valence-corrected chi connectivity index (χ0v) is 15.0. The summed E-state index contributed by atoms with van der Waals surface area (Å²) in [5.74, 6) is -0.419. The Labute approximate surface area is 148 Å². The number of nitrogens with one attached hydrogen (secondary N) is 1. The van der Waals surface area contributed by atoms with Gasteiger partial charge in [0.15, 0.2) is 0 Å². The molecule has 1 atom stereocenters. The number of carbonyl (C=O) groups is 1. The third-order valence-corrected chi connectivity index (χ3v) is 3.78. The van der Waals surface area contributed by atoms with Crippen LogP contribution in [0, 0.1) is 5.82 Å². The molecule has 1 amide bonds. The summed E-state index contributed by atoms with van der Waals surface area (Å²) in [6.07, 6.45) is -0.554. The molecule has 1 N–H and O–H groups in total. The van der Waals surface area contributed by atoms with E-state index in [2.05, 4.69) is 5.32 Å². The van der Waals surface area contributed by atoms with Crippen LogP contribution in [0.1, 0.15) is 23.6 Å². The van der Waals surface area contributed by atoms with E-state index in [9.17, 15) is 9.18 Å². The molecule has 4 nitrogen and oxygen atoms in total. The van der Waals surface area contributed by atoms with Crippen LogP contribution >= 0.6 is 0 Å². The fourth-order valence-corrected chi connectivity index (χ4v) is 2.40. The van der Waals surface area contributed by atoms with Crippen molar-refractivity contribution in [1.29, 1.82) is 0 Å². The number of amides is 1. The van der Waals surface area contributed by atoms with Crippen LogP contribution in [0.4, 0.5) is 4.39 Å². The van der Waals surface area contributed by atoms with Crippen LogP contribution in [0.3, 0.4) is 0 Å². The van der Waals surface area contributed by atoms with Gasteiger partial charge in [-0.15, -0.1) is 0 Å². The second-order valence-corrected chi connectivity index (χ2v) is 6.32. The van der Waals surface area contributed by atoms with Crippen LogP contribution in [0.2, 0.25) is 0 Å². The van der Waals surface area contributed by atoms with Gasteiger partial charge in [-0.2, -0.15) is 0 Å². The summed E-state index contributed by atoms with van der Waals surface area (Å²) < 4.78 is 19.4. The Morgan fingerprint density at radius 2 is 1.88 bits per heavy atom. The topological polar surface area (TPSA) is 41.6 Å². The number of hydrogen-bond acceptors (Lipinski definition) is 3. The summed E-state index contributed by atoms with van der Waals surface area (Å²) in [6, 6.07) is 14.6. The van der Waals surface area contributed by atoms with Gasteiger partial charge in [0.05, 0.1) is 6.61 Å². The van der Waals surface area contributed by atoms with Crippen molar-refractivity contribution in [1.82, 2.24) is 10.2 Å². The van der Waals surface area contributed by atoms with Crippen LogP contribution in [0.25, 0.3) is 0 Å². The number of carbonyl (C=O) groups excluding carboxylic acids is 1. The molecule has 0 radical (unpaired) electrons. The third-order valence-electron chi connectivity index (χ3n) is 3.78. The lowest BCUT2D eigenvalue weighted by molar-refractivity contribution is -0.132. The molecule has 0 fully saturated rings. The molecule has 0 spiro atoms. The first-order chi connectivity index (χ1) is 12.0. The third kappa shape index (κ3) is 6.29. The van der Waals surface area contributed by atoms with Gasteiger partial charge in [0.1, 0.15) is 11.9 Å². The Morgan fingerprint density at radius 3 is 2.56 bits per heavy atom. The summed E-state index contributed by atoms with van der Waals surface area (Å²) in [6.45, 7) is 2.97. The summed E-state index contributed by atoms with van der Waals surface area (Å²) in [5.41, 5.74) is 2.50. The molecule has 0 heterocycles. The molecule has 0 aliphatic carbocycles. The van der Waals surface area contributed by atoms with Crippen molar-refractivity contribution in [3.8, 4) is 0 Å². The standard InChI is InChI=1S/C20H25FN2O2/c1-15(25-14-16-7-5-4-6-8-16)20(24)22-12-17-9-10-19(21)18(11-17)13-23(2)3/h4-11,15H,12-14H2,1-3H3,(H,22,24)/t15-/m0/s1. The van der Waals surface area contributed by atoms with E-state index in [0.717, 1.165) is 11.1 Å². The first kappa shape index (κ1) is 19.1. The summed E-state index contributed by atoms with van der Waals surface area (Å²) in [4.78, 5) is 14.1. The average Bonchev–Trinajstić information content (AvgIpc) is 2.60. The molecular weight excluding hydrogens is 319 g/mol. The maximum absolute atomic E-state index is 13.8. The summed E-state index contributed by atoms with van der Waals surface area (Å²) in [5, 5.41) is 2.84. The second-order valence-electron chi connectivity index (χ2n) is 6.32. The average molecular weight is 344 g/mol. The molecule has 5 heteroatoms. The maximum Gasteiger partial charge on any atom is 0.249 e. The SMILES string of the molecule is C[C@H](OCc1ccccc1)C(=O)NCc1ccc(F)c(CN(C)C)c1. The Balaban J connectivity index is 1.84. The normalized spacial score (nSPS) is 12.2. The van der Waals surface area contributed by atoms with E-state index < -0.39 is 6.10 Å². The van der Waals surface area contributed by atoms with Gasteiger partial charge < -0.3 is 15.0 Å². The Morgan fingerprint density at radius 1 is 1.16 bits per heavy atom. The maximum atomic E-state index is 13.8. The van der Waals surface area contributed by atoms with E-state index in [-0.39, 0.29) is 11.7 Å². The van der Waals surface area contributed by atoms with Crippen LogP contribution in [-0.4, -0.2) is 31.0 Å². The zero-order chi connectivity index (χ0) is 18.2. The van der Waals surface area contributed by atoms with E-state index in [0.29, 0.717) is 25.3 Å². The van der Waals surface area contributed by atoms with E-state index in [1.54, 1.807) is 19.1 Å². The van der Waals surface area contributed by atoms with Gasteiger partial charge in [-0.1, -0.05) is 36.4 Å². The van der Waals surface area contributed by atoms with Gasteiger partial charge >= 0.3 is 0 Å². The van der Waals surface area contributed by atoms with Gasteiger partial charge in [-0.25, -0.2) is 4.39 Å². The molecule has 0 aliphatic rings. The van der Waals surface area contributed by atoms with Gasteiger partial charge in [0, 0.05) is 18.7 Å². The highest BCUT2D eigenvalue weighted by molar-refractivity contribution is 5.80. The van der Waals surface area contributed by atoms with E-state index in [1.807, 2.05) is 49.3 Å². The van der Waals surface area contributed by atoms with Crippen LogP contribution < -0.4 is 5.32 Å². The number of hydrogen-bond donors (Lipinski definition) is 1. The fourth-order valence-electron chi connectivity index (χ4n) is 2.40. The minimum absolute atomic E-state index is 0.186. The van der Waals surface area contributed by atoms with Crippen molar-refractivity contribution in [2.24, 2.45) is 0 Å². The summed E-state index contributed by atoms with van der Waals surface area (Å²) in [7, 11) is 3.78. The molecule has 2 rings (SSSR count). The molecule has 2 aromatic rings. The molecule has 0 bridgehead atoms. The van der Waals surface area contributed by atoms with Crippen LogP contribution in [0.15, 0.2) is 48.5 Å². The lowest BCUT2D eigenvalue weighted by Gasteiger charge is -2.15. The van der Waals surface area contributed by atoms with Crippen molar-refractivity contribution in [3.05, 3.63) is 71.0 Å². The molecule has 0 aliphatic heterocycles. The molecular formula is C20H25FN2O2. The number of benzene rings is 2. The first-order valence-electron chi connectivity index (χ1n) is 8.31. The van der Waals surface area contributed by atoms with E-state index in [1.165, 1.54) is 6.07 Å². The monoisotopic (exact) mass is 344 g/mol.